The number of nitrogens with zero attached hydrogens (tertiary/aromatic N) is 3. The van der Waals surface area contributed by atoms with Crippen LogP contribution in [0.2, 0.25) is 0 Å². The summed E-state index contributed by atoms with van der Waals surface area (Å²) in [6.07, 6.45) is 2.10. The second kappa shape index (κ2) is 6.70. The Bertz CT molecular complexity index is 869. The number of carboxylic acids is 1. The molecule has 1 heterocycles. The van der Waals surface area contributed by atoms with E-state index < -0.39 is 5.97 Å². The number of carboxylic acid groups (broad SMARTS) is 1. The van der Waals surface area contributed by atoms with Gasteiger partial charge in [0.15, 0.2) is 0 Å². The van der Waals surface area contributed by atoms with Gasteiger partial charge in [-0.1, -0.05) is 13.3 Å². The second-order valence-electron chi connectivity index (χ2n) is 5.65. The van der Waals surface area contributed by atoms with E-state index >= 15 is 0 Å². The Morgan fingerprint density at radius 3 is 2.46 bits per heavy atom. The molecule has 2 aromatic carbocycles. The summed E-state index contributed by atoms with van der Waals surface area (Å²) in [6, 6.07) is 10.3. The summed E-state index contributed by atoms with van der Waals surface area (Å²) in [4.78, 5) is 12.4. The van der Waals surface area contributed by atoms with E-state index in [4.69, 9.17) is 9.84 Å². The number of carbonyl (C=O) groups is 1. The van der Waals surface area contributed by atoms with E-state index in [0.29, 0.717) is 12.3 Å². The molecule has 0 atom stereocenters. The maximum Gasteiger partial charge on any atom is 0.335 e. The average molecular weight is 325 g/mol. The number of aromatic nitrogens is 3. The highest BCUT2D eigenvalue weighted by Crippen LogP contribution is 2.24. The monoisotopic (exact) mass is 325 g/mol. The van der Waals surface area contributed by atoms with E-state index in [-0.39, 0.29) is 5.56 Å². The van der Waals surface area contributed by atoms with Crippen molar-refractivity contribution in [3.8, 4) is 11.4 Å². The van der Waals surface area contributed by atoms with Crippen LogP contribution < -0.4 is 4.74 Å². The fraction of sp³-hybridized carbons (Fsp3) is 0.278. The van der Waals surface area contributed by atoms with E-state index in [2.05, 4.69) is 17.1 Å². The Morgan fingerprint density at radius 1 is 1.17 bits per heavy atom. The van der Waals surface area contributed by atoms with Crippen molar-refractivity contribution in [3.63, 3.8) is 0 Å². The molecule has 0 fully saturated rings. The molecule has 0 amide bonds. The summed E-state index contributed by atoms with van der Waals surface area (Å²) in [6.45, 7) is 4.80. The van der Waals surface area contributed by atoms with Crippen LogP contribution in [-0.4, -0.2) is 32.7 Å². The summed E-state index contributed by atoms with van der Waals surface area (Å²) in [5.74, 6) is -0.131. The van der Waals surface area contributed by atoms with Crippen LogP contribution in [0, 0.1) is 6.92 Å². The number of fused-ring (bicyclic) bond motifs is 1. The van der Waals surface area contributed by atoms with E-state index in [1.807, 2.05) is 19.1 Å². The molecule has 1 aromatic heterocycles. The molecule has 0 aliphatic carbocycles. The zero-order valence-corrected chi connectivity index (χ0v) is 13.7. The molecule has 0 bridgehead atoms. The van der Waals surface area contributed by atoms with Crippen molar-refractivity contribution >= 4 is 17.0 Å². The summed E-state index contributed by atoms with van der Waals surface area (Å²) in [7, 11) is 0. The molecule has 0 aliphatic heterocycles. The Kier molecular flexibility index (Phi) is 4.46. The number of aryl methyl sites for hydroxylation is 1. The van der Waals surface area contributed by atoms with Crippen molar-refractivity contribution in [2.75, 3.05) is 6.61 Å². The molecule has 0 aliphatic rings. The topological polar surface area (TPSA) is 77.2 Å². The van der Waals surface area contributed by atoms with Gasteiger partial charge in [-0.15, -0.1) is 10.2 Å². The molecule has 6 heteroatoms. The van der Waals surface area contributed by atoms with Crippen molar-refractivity contribution in [2.24, 2.45) is 0 Å². The number of benzene rings is 2. The molecule has 0 spiro atoms. The maximum atomic E-state index is 10.9. The van der Waals surface area contributed by atoms with Crippen LogP contribution in [0.5, 0.6) is 5.75 Å². The minimum Gasteiger partial charge on any atom is -0.493 e. The lowest BCUT2D eigenvalue weighted by molar-refractivity contribution is 0.0697. The second-order valence-corrected chi connectivity index (χ2v) is 5.65. The Hall–Kier alpha value is -2.89. The first-order valence-electron chi connectivity index (χ1n) is 7.92. The quantitative estimate of drug-likeness (QED) is 0.701. The first-order valence-corrected chi connectivity index (χ1v) is 7.92. The van der Waals surface area contributed by atoms with Gasteiger partial charge in [0.25, 0.3) is 0 Å². The first kappa shape index (κ1) is 16.0. The summed E-state index contributed by atoms with van der Waals surface area (Å²) >= 11 is 0. The van der Waals surface area contributed by atoms with Crippen molar-refractivity contribution in [3.05, 3.63) is 47.5 Å². The van der Waals surface area contributed by atoms with Crippen LogP contribution in [-0.2, 0) is 0 Å². The number of hydrogen-bond acceptors (Lipinski definition) is 4. The van der Waals surface area contributed by atoms with E-state index in [1.165, 1.54) is 16.9 Å². The minimum absolute atomic E-state index is 0.234. The highest BCUT2D eigenvalue weighted by Gasteiger charge is 2.10. The zero-order chi connectivity index (χ0) is 17.1. The smallest absolute Gasteiger partial charge is 0.335 e. The largest absolute Gasteiger partial charge is 0.493 e. The molecule has 24 heavy (non-hydrogen) atoms. The van der Waals surface area contributed by atoms with Crippen LogP contribution in [0.15, 0.2) is 36.4 Å². The van der Waals surface area contributed by atoms with Crippen LogP contribution in [0.1, 0.15) is 35.7 Å². The summed E-state index contributed by atoms with van der Waals surface area (Å²) in [5, 5.41) is 17.9. The molecule has 0 unspecified atom stereocenters. The van der Waals surface area contributed by atoms with Gasteiger partial charge >= 0.3 is 5.97 Å². The lowest BCUT2D eigenvalue weighted by atomic mass is 10.2. The van der Waals surface area contributed by atoms with E-state index in [9.17, 15) is 4.79 Å². The maximum absolute atomic E-state index is 10.9. The molecule has 3 aromatic rings. The van der Waals surface area contributed by atoms with Gasteiger partial charge < -0.3 is 9.84 Å². The molecule has 1 N–H and O–H groups in total. The SMILES string of the molecule is CCCCOc1cc2nn(-c3ccc(C(=O)O)cc3)nc2cc1C. The highest BCUT2D eigenvalue weighted by molar-refractivity contribution is 5.87. The number of aromatic carboxylic acids is 1. The number of hydrogen-bond donors (Lipinski definition) is 1. The predicted octanol–water partition coefficient (Wildman–Crippen LogP) is 3.61. The van der Waals surface area contributed by atoms with Gasteiger partial charge in [-0.2, -0.15) is 4.80 Å². The Morgan fingerprint density at radius 2 is 1.83 bits per heavy atom. The van der Waals surface area contributed by atoms with Gasteiger partial charge in [0, 0.05) is 6.07 Å². The third-order valence-electron chi connectivity index (χ3n) is 3.78. The van der Waals surface area contributed by atoms with Crippen LogP contribution in [0.25, 0.3) is 16.7 Å². The fourth-order valence-electron chi connectivity index (χ4n) is 2.38. The molecular weight excluding hydrogens is 306 g/mol. The van der Waals surface area contributed by atoms with Crippen molar-refractivity contribution in [1.29, 1.82) is 0 Å². The molecule has 6 nitrogen and oxygen atoms in total. The average Bonchev–Trinajstić information content (AvgIpc) is 2.98. The number of unbranched alkanes of at least 4 members (excludes halogenated alkanes) is 1. The van der Waals surface area contributed by atoms with Gasteiger partial charge in [-0.3, -0.25) is 0 Å². The minimum atomic E-state index is -0.954. The van der Waals surface area contributed by atoms with Crippen molar-refractivity contribution in [1.82, 2.24) is 15.0 Å². The van der Waals surface area contributed by atoms with E-state index in [0.717, 1.165) is 35.2 Å². The molecule has 0 saturated carbocycles. The van der Waals surface area contributed by atoms with Gasteiger partial charge in [0.1, 0.15) is 16.8 Å². The third-order valence-corrected chi connectivity index (χ3v) is 3.78. The number of ether oxygens (including phenoxy) is 1. The Labute approximate surface area is 139 Å². The lowest BCUT2D eigenvalue weighted by Crippen LogP contribution is -2.00. The standard InChI is InChI=1S/C18H19N3O3/c1-3-4-9-24-17-11-16-15(10-12(17)2)19-21(20-16)14-7-5-13(6-8-14)18(22)23/h5-8,10-11H,3-4,9H2,1-2H3,(H,22,23). The van der Waals surface area contributed by atoms with Crippen LogP contribution in [0.4, 0.5) is 0 Å². The normalized spacial score (nSPS) is 10.9. The highest BCUT2D eigenvalue weighted by atomic mass is 16.5. The van der Waals surface area contributed by atoms with Gasteiger partial charge in [0.2, 0.25) is 0 Å². The molecule has 0 saturated heterocycles. The first-order chi connectivity index (χ1) is 11.6. The van der Waals surface area contributed by atoms with Gasteiger partial charge in [-0.25, -0.2) is 4.79 Å². The summed E-state index contributed by atoms with van der Waals surface area (Å²) in [5.41, 5.74) is 3.49. The Balaban J connectivity index is 1.91. The zero-order valence-electron chi connectivity index (χ0n) is 13.7. The molecule has 0 radical (unpaired) electrons. The van der Waals surface area contributed by atoms with Crippen molar-refractivity contribution in [2.45, 2.75) is 26.7 Å². The van der Waals surface area contributed by atoms with Crippen LogP contribution in [0.3, 0.4) is 0 Å². The molecule has 124 valence electrons. The van der Waals surface area contributed by atoms with Gasteiger partial charge in [-0.05, 0) is 49.2 Å². The summed E-state index contributed by atoms with van der Waals surface area (Å²) < 4.78 is 5.80. The lowest BCUT2D eigenvalue weighted by Gasteiger charge is -2.07. The molecular formula is C18H19N3O3. The van der Waals surface area contributed by atoms with E-state index in [1.54, 1.807) is 12.1 Å². The van der Waals surface area contributed by atoms with Gasteiger partial charge in [0.05, 0.1) is 17.9 Å². The predicted molar refractivity (Wildman–Crippen MR) is 91.0 cm³/mol. The third kappa shape index (κ3) is 3.22. The fourth-order valence-corrected chi connectivity index (χ4v) is 2.38. The molecule has 3 rings (SSSR count). The number of rotatable bonds is 6. The van der Waals surface area contributed by atoms with Crippen molar-refractivity contribution < 1.29 is 14.6 Å². The van der Waals surface area contributed by atoms with Crippen LogP contribution >= 0.6 is 0 Å².